The molecular formula is C29H31Cl2FN2O4S. The molecular weight excluding hydrogens is 562 g/mol. The van der Waals surface area contributed by atoms with Gasteiger partial charge in [0.05, 0.1) is 15.7 Å². The molecule has 0 unspecified atom stereocenters. The molecule has 1 aromatic heterocycles. The third-order valence-electron chi connectivity index (χ3n) is 5.92. The minimum Gasteiger partial charge on any atom is -0.478 e. The van der Waals surface area contributed by atoms with Crippen molar-refractivity contribution in [3.05, 3.63) is 73.8 Å². The molecule has 1 heterocycles. The van der Waals surface area contributed by atoms with Crippen LogP contribution in [-0.2, 0) is 16.0 Å². The number of nitrogens with zero attached hydrogens (tertiary/aromatic N) is 1. The number of carboxylic acids is 1. The van der Waals surface area contributed by atoms with Gasteiger partial charge >= 0.3 is 5.97 Å². The Balaban J connectivity index is 1.64. The zero-order chi connectivity index (χ0) is 28.5. The predicted molar refractivity (Wildman–Crippen MR) is 156 cm³/mol. The number of amides is 1. The Morgan fingerprint density at radius 2 is 1.87 bits per heavy atom. The van der Waals surface area contributed by atoms with Crippen LogP contribution in [-0.4, -0.2) is 35.2 Å². The Bertz CT molecular complexity index is 1330. The van der Waals surface area contributed by atoms with Crippen molar-refractivity contribution in [3.8, 4) is 11.3 Å². The second kappa shape index (κ2) is 14.6. The van der Waals surface area contributed by atoms with Gasteiger partial charge < -0.3 is 9.84 Å². The van der Waals surface area contributed by atoms with Crippen LogP contribution in [0.1, 0.15) is 61.5 Å². The topological polar surface area (TPSA) is 88.5 Å². The predicted octanol–water partition coefficient (Wildman–Crippen LogP) is 8.38. The van der Waals surface area contributed by atoms with E-state index in [4.69, 9.17) is 33.0 Å². The average Bonchev–Trinajstić information content (AvgIpc) is 3.34. The lowest BCUT2D eigenvalue weighted by atomic mass is 10.0. The molecule has 0 atom stereocenters. The number of aryl methyl sites for hydroxylation is 1. The van der Waals surface area contributed by atoms with Gasteiger partial charge in [0.2, 0.25) is 0 Å². The summed E-state index contributed by atoms with van der Waals surface area (Å²) in [6.45, 7) is 7.09. The van der Waals surface area contributed by atoms with Crippen LogP contribution in [0.2, 0.25) is 10.0 Å². The Labute approximate surface area is 241 Å². The van der Waals surface area contributed by atoms with Crippen molar-refractivity contribution in [2.75, 3.05) is 18.5 Å². The quantitative estimate of drug-likeness (QED) is 0.154. The summed E-state index contributed by atoms with van der Waals surface area (Å²) in [6.07, 6.45) is 4.77. The van der Waals surface area contributed by atoms with Crippen LogP contribution in [0.5, 0.6) is 0 Å². The van der Waals surface area contributed by atoms with E-state index in [1.165, 1.54) is 36.5 Å². The van der Waals surface area contributed by atoms with Crippen molar-refractivity contribution < 1.29 is 23.8 Å². The van der Waals surface area contributed by atoms with Crippen molar-refractivity contribution in [3.63, 3.8) is 0 Å². The number of carbonyl (C=O) groups is 2. The summed E-state index contributed by atoms with van der Waals surface area (Å²) in [5.41, 5.74) is 1.89. The van der Waals surface area contributed by atoms with E-state index in [2.05, 4.69) is 24.1 Å². The van der Waals surface area contributed by atoms with Crippen LogP contribution in [0.15, 0.2) is 41.3 Å². The Kier molecular flexibility index (Phi) is 11.5. The maximum atomic E-state index is 15.2. The summed E-state index contributed by atoms with van der Waals surface area (Å²) in [5, 5.41) is 14.0. The molecule has 0 aliphatic rings. The first kappa shape index (κ1) is 30.8. The maximum absolute atomic E-state index is 15.2. The van der Waals surface area contributed by atoms with Gasteiger partial charge in [0.1, 0.15) is 5.82 Å². The SMILES string of the molecule is CC(=Cc1c(Cl)cc(C(=O)Nc2nc(-c3cccc(CCCOCCCC(C)C)c3F)cs2)cc1Cl)C(=O)O. The van der Waals surface area contributed by atoms with Crippen LogP contribution in [0.3, 0.4) is 0 Å². The molecule has 3 rings (SSSR count). The van der Waals surface area contributed by atoms with E-state index in [1.54, 1.807) is 23.6 Å². The monoisotopic (exact) mass is 592 g/mol. The van der Waals surface area contributed by atoms with Crippen LogP contribution < -0.4 is 5.32 Å². The number of benzene rings is 2. The minimum atomic E-state index is -1.10. The standard InChI is InChI=1S/C29H31Cl2FN2O4S/c1-17(2)7-5-11-38-12-6-9-19-8-4-10-21(26(19)32)25-16-39-29(33-25)34-27(35)20-14-23(30)22(24(31)15-20)13-18(3)28(36)37/h4,8,10,13-17H,5-7,9,11-12H2,1-3H3,(H,36,37)(H,33,34,35). The zero-order valence-corrected chi connectivity index (χ0v) is 24.4. The number of anilines is 1. The summed E-state index contributed by atoms with van der Waals surface area (Å²) < 4.78 is 20.9. The van der Waals surface area contributed by atoms with Gasteiger partial charge in [-0.2, -0.15) is 0 Å². The Morgan fingerprint density at radius 3 is 2.54 bits per heavy atom. The van der Waals surface area contributed by atoms with Gasteiger partial charge in [0.15, 0.2) is 5.13 Å². The third kappa shape index (κ3) is 8.86. The van der Waals surface area contributed by atoms with E-state index in [1.807, 2.05) is 0 Å². The summed E-state index contributed by atoms with van der Waals surface area (Å²) in [6, 6.07) is 8.01. The number of halogens is 3. The molecule has 0 bridgehead atoms. The molecule has 0 saturated heterocycles. The molecule has 208 valence electrons. The molecule has 0 spiro atoms. The average molecular weight is 594 g/mol. The molecule has 0 aliphatic carbocycles. The van der Waals surface area contributed by atoms with Crippen LogP contribution in [0, 0.1) is 11.7 Å². The number of nitrogens with one attached hydrogen (secondary N) is 1. The van der Waals surface area contributed by atoms with Gasteiger partial charge in [-0.3, -0.25) is 10.1 Å². The van der Waals surface area contributed by atoms with Gasteiger partial charge in [0, 0.05) is 40.9 Å². The molecule has 2 aromatic carbocycles. The first-order valence-corrected chi connectivity index (χ1v) is 14.2. The van der Waals surface area contributed by atoms with Crippen LogP contribution >= 0.6 is 34.5 Å². The van der Waals surface area contributed by atoms with E-state index < -0.39 is 11.9 Å². The van der Waals surface area contributed by atoms with Crippen molar-refractivity contribution >= 4 is 57.6 Å². The molecule has 0 saturated carbocycles. The van der Waals surface area contributed by atoms with Gasteiger partial charge in [-0.1, -0.05) is 49.2 Å². The lowest BCUT2D eigenvalue weighted by Crippen LogP contribution is -2.12. The fourth-order valence-electron chi connectivity index (χ4n) is 3.79. The van der Waals surface area contributed by atoms with Crippen molar-refractivity contribution in [1.29, 1.82) is 0 Å². The van der Waals surface area contributed by atoms with E-state index in [-0.39, 0.29) is 32.1 Å². The van der Waals surface area contributed by atoms with E-state index in [0.29, 0.717) is 41.3 Å². The van der Waals surface area contributed by atoms with Crippen molar-refractivity contribution in [1.82, 2.24) is 4.98 Å². The summed E-state index contributed by atoms with van der Waals surface area (Å²) in [4.78, 5) is 28.3. The van der Waals surface area contributed by atoms with Gasteiger partial charge in [-0.05, 0) is 68.4 Å². The number of carbonyl (C=O) groups excluding carboxylic acids is 1. The molecule has 3 aromatic rings. The summed E-state index contributed by atoms with van der Waals surface area (Å²) >= 11 is 13.7. The fourth-order valence-corrected chi connectivity index (χ4v) is 5.09. The number of thiazole rings is 1. The second-order valence-electron chi connectivity index (χ2n) is 9.51. The smallest absolute Gasteiger partial charge is 0.331 e. The second-order valence-corrected chi connectivity index (χ2v) is 11.2. The fraction of sp³-hybridized carbons (Fsp3) is 0.345. The molecule has 10 heteroatoms. The molecule has 1 amide bonds. The third-order valence-corrected chi connectivity index (χ3v) is 7.31. The van der Waals surface area contributed by atoms with E-state index in [0.717, 1.165) is 25.9 Å². The highest BCUT2D eigenvalue weighted by atomic mass is 35.5. The normalized spacial score (nSPS) is 11.7. The lowest BCUT2D eigenvalue weighted by Gasteiger charge is -2.09. The number of hydrogen-bond acceptors (Lipinski definition) is 5. The van der Waals surface area contributed by atoms with Crippen LogP contribution in [0.25, 0.3) is 17.3 Å². The van der Waals surface area contributed by atoms with Crippen LogP contribution in [0.4, 0.5) is 9.52 Å². The molecule has 0 radical (unpaired) electrons. The summed E-state index contributed by atoms with van der Waals surface area (Å²) in [5.74, 6) is -1.29. The van der Waals surface area contributed by atoms with E-state index in [9.17, 15) is 9.59 Å². The van der Waals surface area contributed by atoms with Gasteiger partial charge in [-0.25, -0.2) is 14.2 Å². The molecule has 6 nitrogen and oxygen atoms in total. The Hall–Kier alpha value is -2.78. The lowest BCUT2D eigenvalue weighted by molar-refractivity contribution is -0.132. The maximum Gasteiger partial charge on any atom is 0.331 e. The highest BCUT2D eigenvalue weighted by molar-refractivity contribution is 7.14. The highest BCUT2D eigenvalue weighted by Crippen LogP contribution is 2.31. The van der Waals surface area contributed by atoms with Gasteiger partial charge in [0.25, 0.3) is 5.91 Å². The number of aromatic nitrogens is 1. The molecule has 2 N–H and O–H groups in total. The first-order chi connectivity index (χ1) is 18.6. The first-order valence-electron chi connectivity index (χ1n) is 12.6. The highest BCUT2D eigenvalue weighted by Gasteiger charge is 2.17. The number of carboxylic acid groups (broad SMARTS) is 1. The van der Waals surface area contributed by atoms with E-state index >= 15 is 4.39 Å². The molecule has 0 aliphatic heterocycles. The van der Waals surface area contributed by atoms with Gasteiger partial charge in [-0.15, -0.1) is 11.3 Å². The molecule has 39 heavy (non-hydrogen) atoms. The zero-order valence-electron chi connectivity index (χ0n) is 22.0. The number of aliphatic carboxylic acids is 1. The number of ether oxygens (including phenoxy) is 1. The van der Waals surface area contributed by atoms with Crippen molar-refractivity contribution in [2.45, 2.75) is 46.5 Å². The Morgan fingerprint density at radius 1 is 1.18 bits per heavy atom. The molecule has 0 fully saturated rings. The largest absolute Gasteiger partial charge is 0.478 e. The number of rotatable bonds is 13. The van der Waals surface area contributed by atoms with Crippen molar-refractivity contribution in [2.24, 2.45) is 5.92 Å². The summed E-state index contributed by atoms with van der Waals surface area (Å²) in [7, 11) is 0. The number of hydrogen-bond donors (Lipinski definition) is 2. The minimum absolute atomic E-state index is 0.0491.